The highest BCUT2D eigenvalue weighted by Gasteiger charge is 2.50. The summed E-state index contributed by atoms with van der Waals surface area (Å²) in [7, 11) is 1.32. The van der Waals surface area contributed by atoms with Crippen molar-refractivity contribution < 1.29 is 18.4 Å². The molecule has 1 fully saturated rings. The second-order valence-corrected chi connectivity index (χ2v) is 7.20. The number of rotatable bonds is 4. The van der Waals surface area contributed by atoms with Crippen LogP contribution in [0.1, 0.15) is 46.6 Å². The van der Waals surface area contributed by atoms with Crippen molar-refractivity contribution >= 4 is 27.7 Å². The van der Waals surface area contributed by atoms with Crippen LogP contribution in [0.5, 0.6) is 0 Å². The second-order valence-electron chi connectivity index (χ2n) is 6.29. The van der Waals surface area contributed by atoms with Crippen LogP contribution in [0.3, 0.4) is 0 Å². The van der Waals surface area contributed by atoms with Gasteiger partial charge in [-0.15, -0.1) is 0 Å². The summed E-state index contributed by atoms with van der Waals surface area (Å²) in [6.45, 7) is 1.96. The first-order valence-electron chi connectivity index (χ1n) is 7.89. The summed E-state index contributed by atoms with van der Waals surface area (Å²) in [5.41, 5.74) is 3.25. The molecule has 1 aliphatic rings. The lowest BCUT2D eigenvalue weighted by Gasteiger charge is -2.20. The minimum absolute atomic E-state index is 0.0528. The number of nitrogens with zero attached hydrogens (tertiary/aromatic N) is 2. The Labute approximate surface area is 157 Å². The Morgan fingerprint density at radius 1 is 1.42 bits per heavy atom. The largest absolute Gasteiger partial charge is 0.383 e. The summed E-state index contributed by atoms with van der Waals surface area (Å²) < 4.78 is 27.4. The van der Waals surface area contributed by atoms with Gasteiger partial charge in [0.1, 0.15) is 11.5 Å². The molecule has 3 rings (SSSR count). The topological polar surface area (TPSA) is 80.0 Å². The minimum Gasteiger partial charge on any atom is -0.335 e. The number of halogens is 3. The van der Waals surface area contributed by atoms with Gasteiger partial charge in [-0.25, -0.2) is 19.1 Å². The lowest BCUT2D eigenvalue weighted by Crippen LogP contribution is -2.36. The third kappa shape index (κ3) is 3.35. The van der Waals surface area contributed by atoms with E-state index in [1.54, 1.807) is 0 Å². The molecule has 1 heterocycles. The Bertz CT molecular complexity index is 878. The molecule has 1 saturated carbocycles. The third-order valence-electron chi connectivity index (χ3n) is 4.54. The molecule has 0 bridgehead atoms. The number of hydroxylamine groups is 1. The fourth-order valence-electron chi connectivity index (χ4n) is 2.92. The summed E-state index contributed by atoms with van der Waals surface area (Å²) in [5.74, 6) is -0.865. The summed E-state index contributed by atoms with van der Waals surface area (Å²) >= 11 is 3.43. The number of hydrogen-bond donors (Lipinski definition) is 2. The number of alkyl halides is 2. The molecule has 0 spiro atoms. The number of aromatic nitrogens is 2. The number of amidine groups is 1. The van der Waals surface area contributed by atoms with Crippen LogP contribution in [0, 0.1) is 12.3 Å². The number of aryl methyl sites for hydroxylation is 2. The van der Waals surface area contributed by atoms with Crippen LogP contribution in [0.25, 0.3) is 0 Å². The van der Waals surface area contributed by atoms with Gasteiger partial charge in [0.2, 0.25) is 0 Å². The van der Waals surface area contributed by atoms with E-state index in [0.29, 0.717) is 0 Å². The van der Waals surface area contributed by atoms with Gasteiger partial charge in [0, 0.05) is 17.6 Å². The van der Waals surface area contributed by atoms with Gasteiger partial charge in [-0.05, 0) is 43.0 Å². The van der Waals surface area contributed by atoms with Crippen molar-refractivity contribution in [3.8, 4) is 0 Å². The number of benzene rings is 1. The zero-order valence-corrected chi connectivity index (χ0v) is 15.7. The zero-order chi connectivity index (χ0) is 19.1. The predicted octanol–water partition coefficient (Wildman–Crippen LogP) is 3.80. The molecule has 0 atom stereocenters. The van der Waals surface area contributed by atoms with E-state index in [0.717, 1.165) is 39.2 Å². The molecule has 0 saturated heterocycles. The van der Waals surface area contributed by atoms with E-state index in [2.05, 4.69) is 26.5 Å². The quantitative estimate of drug-likeness (QED) is 0.442. The maximum atomic E-state index is 12.8. The van der Waals surface area contributed by atoms with Gasteiger partial charge >= 0.3 is 5.97 Å². The molecule has 0 unspecified atom stereocenters. The van der Waals surface area contributed by atoms with Crippen molar-refractivity contribution in [3.05, 3.63) is 51.3 Å². The highest BCUT2D eigenvalue weighted by molar-refractivity contribution is 9.10. The molecule has 26 heavy (non-hydrogen) atoms. The Hall–Kier alpha value is -2.29. The van der Waals surface area contributed by atoms with E-state index in [1.165, 1.54) is 7.05 Å². The Kier molecular flexibility index (Phi) is 4.83. The molecular weight excluding hydrogens is 410 g/mol. The van der Waals surface area contributed by atoms with Crippen molar-refractivity contribution in [2.45, 2.75) is 31.6 Å². The molecule has 1 aliphatic carbocycles. The van der Waals surface area contributed by atoms with E-state index in [4.69, 9.17) is 10.2 Å². The summed E-state index contributed by atoms with van der Waals surface area (Å²) in [4.78, 5) is 16.9. The molecule has 0 amide bonds. The summed E-state index contributed by atoms with van der Waals surface area (Å²) in [6, 6.07) is 6.81. The molecule has 6 nitrogen and oxygen atoms in total. The molecule has 0 radical (unpaired) electrons. The normalized spacial score (nSPS) is 15.0. The molecule has 0 aliphatic heterocycles. The fourth-order valence-corrected chi connectivity index (χ4v) is 3.28. The van der Waals surface area contributed by atoms with E-state index in [1.807, 2.05) is 25.1 Å². The monoisotopic (exact) mass is 426 g/mol. The van der Waals surface area contributed by atoms with Crippen LogP contribution in [-0.2, 0) is 17.3 Å². The number of nitrogens with one attached hydrogen (secondary N) is 2. The van der Waals surface area contributed by atoms with E-state index in [-0.39, 0.29) is 17.2 Å². The summed E-state index contributed by atoms with van der Waals surface area (Å²) in [6.07, 6.45) is -1.23. The molecule has 9 heteroatoms. The standard InChI is InChI=1S/C17H17BrF2N4O2/c1-9-3-4-10(18)7-11(9)17(5-6-17)16(21)23-26-15(25)12-8-13(14(19)20)24(2)22-12/h3-4,7-8,14H,5-6H2,1-2H3,(H2,21,23). The molecular formula is C17H17BrF2N4O2. The lowest BCUT2D eigenvalue weighted by atomic mass is 9.91. The Balaban J connectivity index is 1.70. The third-order valence-corrected chi connectivity index (χ3v) is 5.03. The van der Waals surface area contributed by atoms with E-state index in [9.17, 15) is 13.6 Å². The van der Waals surface area contributed by atoms with Gasteiger partial charge in [0.05, 0.1) is 5.41 Å². The average Bonchev–Trinajstić information content (AvgIpc) is 3.30. The van der Waals surface area contributed by atoms with Crippen LogP contribution < -0.4 is 5.48 Å². The molecule has 1 aromatic heterocycles. The number of carbonyl (C=O) groups excluding carboxylic acids is 1. The van der Waals surface area contributed by atoms with Crippen molar-refractivity contribution in [3.63, 3.8) is 0 Å². The first-order valence-corrected chi connectivity index (χ1v) is 8.69. The Morgan fingerprint density at radius 2 is 2.12 bits per heavy atom. The van der Waals surface area contributed by atoms with Gasteiger partial charge in [0.15, 0.2) is 5.69 Å². The first kappa shape index (κ1) is 18.5. The summed E-state index contributed by atoms with van der Waals surface area (Å²) in [5, 5.41) is 12.0. The van der Waals surface area contributed by atoms with Crippen molar-refractivity contribution in [1.29, 1.82) is 5.41 Å². The lowest BCUT2D eigenvalue weighted by molar-refractivity contribution is 0.0370. The number of hydrogen-bond acceptors (Lipinski definition) is 4. The van der Waals surface area contributed by atoms with Crippen LogP contribution >= 0.6 is 15.9 Å². The van der Waals surface area contributed by atoms with E-state index < -0.39 is 17.8 Å². The van der Waals surface area contributed by atoms with Gasteiger partial charge in [0.25, 0.3) is 6.43 Å². The fraction of sp³-hybridized carbons (Fsp3) is 0.353. The van der Waals surface area contributed by atoms with Crippen LogP contribution in [0.15, 0.2) is 28.7 Å². The average molecular weight is 427 g/mol. The second kappa shape index (κ2) is 6.79. The highest BCUT2D eigenvalue weighted by Crippen LogP contribution is 2.50. The van der Waals surface area contributed by atoms with Crippen LogP contribution in [0.4, 0.5) is 8.78 Å². The van der Waals surface area contributed by atoms with E-state index >= 15 is 0 Å². The number of carbonyl (C=O) groups is 1. The minimum atomic E-state index is -2.74. The Morgan fingerprint density at radius 3 is 2.69 bits per heavy atom. The highest BCUT2D eigenvalue weighted by atomic mass is 79.9. The SMILES string of the molecule is Cc1ccc(Br)cc1C1(C(=N)NOC(=O)c2cc(C(F)F)n(C)n2)CC1. The molecule has 2 N–H and O–H groups in total. The predicted molar refractivity (Wildman–Crippen MR) is 94.2 cm³/mol. The first-order chi connectivity index (χ1) is 12.2. The smallest absolute Gasteiger partial charge is 0.335 e. The van der Waals surface area contributed by atoms with Crippen LogP contribution in [-0.4, -0.2) is 21.6 Å². The van der Waals surface area contributed by atoms with Gasteiger partial charge in [-0.3, -0.25) is 10.1 Å². The van der Waals surface area contributed by atoms with Crippen molar-refractivity contribution in [2.24, 2.45) is 7.05 Å². The zero-order valence-electron chi connectivity index (χ0n) is 14.1. The van der Waals surface area contributed by atoms with Gasteiger partial charge in [-0.2, -0.15) is 5.10 Å². The maximum Gasteiger partial charge on any atom is 0.383 e. The molecule has 2 aromatic rings. The van der Waals surface area contributed by atoms with Gasteiger partial charge in [-0.1, -0.05) is 22.0 Å². The van der Waals surface area contributed by atoms with Crippen LogP contribution in [0.2, 0.25) is 0 Å². The van der Waals surface area contributed by atoms with Crippen molar-refractivity contribution in [2.75, 3.05) is 0 Å². The van der Waals surface area contributed by atoms with Crippen molar-refractivity contribution in [1.82, 2.24) is 15.3 Å². The molecule has 1 aromatic carbocycles. The molecule has 138 valence electrons. The maximum absolute atomic E-state index is 12.8. The van der Waals surface area contributed by atoms with Gasteiger partial charge < -0.3 is 4.84 Å².